The maximum absolute atomic E-state index is 13.2. The average molecular weight is 413 g/mol. The lowest BCUT2D eigenvalue weighted by molar-refractivity contribution is -0.124. The highest BCUT2D eigenvalue weighted by molar-refractivity contribution is 7.26. The highest BCUT2D eigenvalue weighted by Gasteiger charge is 2.21. The number of fused-ring (bicyclic) bond motifs is 3. The second kappa shape index (κ2) is 8.63. The number of piperidine rings is 1. The summed E-state index contributed by atoms with van der Waals surface area (Å²) in [6.07, 6.45) is 4.80. The van der Waals surface area contributed by atoms with Crippen molar-refractivity contribution in [3.8, 4) is 0 Å². The Morgan fingerprint density at radius 1 is 1.24 bits per heavy atom. The van der Waals surface area contributed by atoms with Crippen molar-refractivity contribution in [2.45, 2.75) is 45.6 Å². The van der Waals surface area contributed by atoms with E-state index in [-0.39, 0.29) is 11.5 Å². The number of aromatic nitrogens is 2. The van der Waals surface area contributed by atoms with Gasteiger partial charge < -0.3 is 10.2 Å². The van der Waals surface area contributed by atoms with Crippen LogP contribution in [0.4, 0.5) is 0 Å². The Morgan fingerprint density at radius 2 is 2.00 bits per heavy atom. The van der Waals surface area contributed by atoms with E-state index in [1.165, 1.54) is 23.9 Å². The summed E-state index contributed by atoms with van der Waals surface area (Å²) in [5, 5.41) is 9.05. The van der Waals surface area contributed by atoms with Crippen molar-refractivity contribution in [2.24, 2.45) is 0 Å². The van der Waals surface area contributed by atoms with E-state index < -0.39 is 6.04 Å². The van der Waals surface area contributed by atoms with E-state index in [0.29, 0.717) is 11.9 Å². The van der Waals surface area contributed by atoms with E-state index in [0.717, 1.165) is 46.5 Å². The van der Waals surface area contributed by atoms with Crippen LogP contribution < -0.4 is 10.9 Å². The molecule has 1 aliphatic rings. The van der Waals surface area contributed by atoms with Gasteiger partial charge in [-0.25, -0.2) is 4.68 Å². The van der Waals surface area contributed by atoms with Crippen LogP contribution in [0.3, 0.4) is 0 Å². The zero-order chi connectivity index (χ0) is 20.4. The molecule has 1 amide bonds. The van der Waals surface area contributed by atoms with Crippen LogP contribution in [0.1, 0.15) is 44.3 Å². The number of benzene rings is 1. The van der Waals surface area contributed by atoms with Gasteiger partial charge in [-0.1, -0.05) is 24.6 Å². The summed E-state index contributed by atoms with van der Waals surface area (Å²) in [7, 11) is 0. The van der Waals surface area contributed by atoms with Crippen LogP contribution in [0.5, 0.6) is 0 Å². The fourth-order valence-electron chi connectivity index (χ4n) is 4.10. The number of thiophene rings is 1. The second-order valence-corrected chi connectivity index (χ2v) is 8.91. The van der Waals surface area contributed by atoms with Gasteiger partial charge >= 0.3 is 0 Å². The number of nitrogens with zero attached hydrogens (tertiary/aromatic N) is 3. The lowest BCUT2D eigenvalue weighted by Gasteiger charge is -2.26. The van der Waals surface area contributed by atoms with Gasteiger partial charge in [0.1, 0.15) is 6.04 Å². The SMILES string of the molecule is Cc1nn(C(C)C(=O)NCCCN2CCCCC2)c(=O)c2c1sc1ccccc12. The molecule has 29 heavy (non-hydrogen) atoms. The minimum Gasteiger partial charge on any atom is -0.354 e. The molecule has 3 heterocycles. The topological polar surface area (TPSA) is 67.2 Å². The summed E-state index contributed by atoms with van der Waals surface area (Å²) in [5.41, 5.74) is 0.588. The van der Waals surface area contributed by atoms with Crippen molar-refractivity contribution in [3.63, 3.8) is 0 Å². The Bertz CT molecular complexity index is 1080. The van der Waals surface area contributed by atoms with Crippen LogP contribution >= 0.6 is 11.3 Å². The lowest BCUT2D eigenvalue weighted by Crippen LogP contribution is -2.39. The molecule has 1 aromatic carbocycles. The number of aryl methyl sites for hydroxylation is 1. The third-order valence-electron chi connectivity index (χ3n) is 5.75. The summed E-state index contributed by atoms with van der Waals surface area (Å²) in [4.78, 5) is 28.3. The van der Waals surface area contributed by atoms with Crippen molar-refractivity contribution in [2.75, 3.05) is 26.2 Å². The maximum atomic E-state index is 13.2. The van der Waals surface area contributed by atoms with Gasteiger partial charge in [0.05, 0.1) is 15.8 Å². The molecule has 1 atom stereocenters. The van der Waals surface area contributed by atoms with Gasteiger partial charge in [0, 0.05) is 16.6 Å². The molecule has 6 nitrogen and oxygen atoms in total. The van der Waals surface area contributed by atoms with Gasteiger partial charge in [-0.05, 0) is 58.8 Å². The van der Waals surface area contributed by atoms with E-state index in [1.54, 1.807) is 18.3 Å². The van der Waals surface area contributed by atoms with E-state index in [4.69, 9.17) is 0 Å². The number of likely N-dealkylation sites (tertiary alicyclic amines) is 1. The van der Waals surface area contributed by atoms with Crippen molar-refractivity contribution >= 4 is 37.4 Å². The van der Waals surface area contributed by atoms with Gasteiger partial charge in [-0.3, -0.25) is 9.59 Å². The van der Waals surface area contributed by atoms with Crippen molar-refractivity contribution in [1.82, 2.24) is 20.0 Å². The quantitative estimate of drug-likeness (QED) is 0.630. The number of rotatable bonds is 6. The van der Waals surface area contributed by atoms with E-state index in [2.05, 4.69) is 15.3 Å². The van der Waals surface area contributed by atoms with Crippen LogP contribution in [0, 0.1) is 6.92 Å². The first-order valence-electron chi connectivity index (χ1n) is 10.5. The normalized spacial score (nSPS) is 16.3. The Morgan fingerprint density at radius 3 is 2.79 bits per heavy atom. The fourth-order valence-corrected chi connectivity index (χ4v) is 5.23. The Balaban J connectivity index is 1.48. The molecule has 1 saturated heterocycles. The zero-order valence-corrected chi connectivity index (χ0v) is 17.9. The first-order chi connectivity index (χ1) is 14.1. The summed E-state index contributed by atoms with van der Waals surface area (Å²) < 4.78 is 3.32. The number of carbonyl (C=O) groups excluding carboxylic acids is 1. The molecule has 0 aliphatic carbocycles. The van der Waals surface area contributed by atoms with Crippen LogP contribution in [0.2, 0.25) is 0 Å². The summed E-state index contributed by atoms with van der Waals surface area (Å²) in [6.45, 7) is 7.61. The Labute approximate surface area is 174 Å². The molecule has 0 spiro atoms. The van der Waals surface area contributed by atoms with Gasteiger partial charge in [-0.15, -0.1) is 11.3 Å². The second-order valence-electron chi connectivity index (χ2n) is 7.86. The average Bonchev–Trinajstić information content (AvgIpc) is 3.14. The summed E-state index contributed by atoms with van der Waals surface area (Å²) >= 11 is 1.58. The minimum atomic E-state index is -0.640. The Kier molecular flexibility index (Phi) is 5.96. The van der Waals surface area contributed by atoms with E-state index in [1.807, 2.05) is 31.2 Å². The van der Waals surface area contributed by atoms with Crippen LogP contribution in [0.25, 0.3) is 20.2 Å². The van der Waals surface area contributed by atoms with Gasteiger partial charge in [0.15, 0.2) is 0 Å². The predicted octanol–water partition coefficient (Wildman–Crippen LogP) is 3.47. The molecule has 0 radical (unpaired) electrons. The molecular weight excluding hydrogens is 384 g/mol. The van der Waals surface area contributed by atoms with Crippen LogP contribution in [-0.4, -0.2) is 46.8 Å². The fraction of sp³-hybridized carbons (Fsp3) is 0.500. The monoisotopic (exact) mass is 412 g/mol. The standard InChI is InChI=1S/C22H28N4O2S/c1-15-20-19(17-9-4-5-10-18(17)29-20)22(28)26(24-15)16(2)21(27)23-11-8-14-25-12-6-3-7-13-25/h4-5,9-10,16H,3,6-8,11-14H2,1-2H3,(H,23,27). The molecule has 1 unspecified atom stereocenters. The number of nitrogens with one attached hydrogen (secondary N) is 1. The largest absolute Gasteiger partial charge is 0.354 e. The van der Waals surface area contributed by atoms with E-state index in [9.17, 15) is 9.59 Å². The molecule has 0 saturated carbocycles. The zero-order valence-electron chi connectivity index (χ0n) is 17.1. The molecule has 7 heteroatoms. The first-order valence-corrected chi connectivity index (χ1v) is 11.3. The maximum Gasteiger partial charge on any atom is 0.276 e. The predicted molar refractivity (Wildman–Crippen MR) is 119 cm³/mol. The first kappa shape index (κ1) is 20.0. The van der Waals surface area contributed by atoms with E-state index >= 15 is 0 Å². The summed E-state index contributed by atoms with van der Waals surface area (Å²) in [6, 6.07) is 7.25. The molecule has 1 N–H and O–H groups in total. The molecular formula is C22H28N4O2S. The smallest absolute Gasteiger partial charge is 0.276 e. The number of amides is 1. The number of hydrogen-bond donors (Lipinski definition) is 1. The highest BCUT2D eigenvalue weighted by Crippen LogP contribution is 2.32. The highest BCUT2D eigenvalue weighted by atomic mass is 32.1. The lowest BCUT2D eigenvalue weighted by atomic mass is 10.1. The number of carbonyl (C=O) groups is 1. The minimum absolute atomic E-state index is 0.156. The van der Waals surface area contributed by atoms with Gasteiger partial charge in [0.2, 0.25) is 5.91 Å². The third kappa shape index (κ3) is 4.07. The summed E-state index contributed by atoms with van der Waals surface area (Å²) in [5.74, 6) is -0.156. The van der Waals surface area contributed by atoms with Crippen molar-refractivity contribution in [3.05, 3.63) is 40.3 Å². The molecule has 4 rings (SSSR count). The Hall–Kier alpha value is -2.25. The molecule has 154 valence electrons. The molecule has 2 aromatic heterocycles. The molecule has 0 bridgehead atoms. The number of hydrogen-bond acceptors (Lipinski definition) is 5. The molecule has 1 fully saturated rings. The van der Waals surface area contributed by atoms with Gasteiger partial charge in [0.25, 0.3) is 5.56 Å². The van der Waals surface area contributed by atoms with Gasteiger partial charge in [-0.2, -0.15) is 5.10 Å². The van der Waals surface area contributed by atoms with Crippen LogP contribution in [0.15, 0.2) is 29.1 Å². The third-order valence-corrected chi connectivity index (χ3v) is 7.03. The molecule has 3 aromatic rings. The van der Waals surface area contributed by atoms with Crippen molar-refractivity contribution < 1.29 is 4.79 Å². The van der Waals surface area contributed by atoms with Crippen molar-refractivity contribution in [1.29, 1.82) is 0 Å². The van der Waals surface area contributed by atoms with Crippen LogP contribution in [-0.2, 0) is 4.79 Å². The molecule has 1 aliphatic heterocycles.